The molecule has 1 aromatic heterocycles. The number of aromatic amines is 1. The zero-order chi connectivity index (χ0) is 24.7. The van der Waals surface area contributed by atoms with Crippen molar-refractivity contribution in [3.8, 4) is 17.0 Å². The molecule has 2 aromatic carbocycles. The topological polar surface area (TPSA) is 118 Å². The van der Waals surface area contributed by atoms with E-state index in [-0.39, 0.29) is 18.4 Å². The molecular weight excluding hydrogens is 452 g/mol. The number of carbonyl (C=O) groups is 1. The first kappa shape index (κ1) is 24.0. The number of imidazole rings is 1. The molecule has 34 heavy (non-hydrogen) atoms. The lowest BCUT2D eigenvalue weighted by Gasteiger charge is -2.30. The van der Waals surface area contributed by atoms with Crippen LogP contribution in [0.2, 0.25) is 0 Å². The van der Waals surface area contributed by atoms with Crippen molar-refractivity contribution in [1.29, 1.82) is 0 Å². The lowest BCUT2D eigenvalue weighted by Crippen LogP contribution is -2.45. The van der Waals surface area contributed by atoms with Gasteiger partial charge < -0.3 is 15.5 Å². The van der Waals surface area contributed by atoms with Crippen LogP contribution in [0.4, 0.5) is 0 Å². The second kappa shape index (κ2) is 8.88. The van der Waals surface area contributed by atoms with Crippen LogP contribution in [0.5, 0.6) is 5.75 Å². The third kappa shape index (κ3) is 4.58. The van der Waals surface area contributed by atoms with Crippen LogP contribution in [0.1, 0.15) is 55.4 Å². The molecule has 8 nitrogen and oxygen atoms in total. The Morgan fingerprint density at radius 2 is 1.79 bits per heavy atom. The second-order valence-corrected chi connectivity index (χ2v) is 11.5. The number of hydrogen-bond donors (Lipinski definition) is 2. The summed E-state index contributed by atoms with van der Waals surface area (Å²) in [5.41, 5.74) is 9.01. The maximum absolute atomic E-state index is 13.0. The summed E-state index contributed by atoms with van der Waals surface area (Å²) in [6.07, 6.45) is 2.24. The number of sulfonamides is 1. The van der Waals surface area contributed by atoms with Crippen molar-refractivity contribution in [2.45, 2.75) is 50.4 Å². The maximum Gasteiger partial charge on any atom is 0.245 e. The molecule has 0 bridgehead atoms. The molecular formula is C25H30N4O4S. The number of nitrogens with zero attached hydrogens (tertiary/aromatic N) is 2. The van der Waals surface area contributed by atoms with Gasteiger partial charge in [-0.25, -0.2) is 17.7 Å². The highest BCUT2D eigenvalue weighted by Crippen LogP contribution is 2.40. The monoisotopic (exact) mass is 482 g/mol. The Kier molecular flexibility index (Phi) is 6.26. The van der Waals surface area contributed by atoms with Crippen LogP contribution in [-0.2, 0) is 21.2 Å². The van der Waals surface area contributed by atoms with Gasteiger partial charge in [0.15, 0.2) is 0 Å². The van der Waals surface area contributed by atoms with Gasteiger partial charge in [-0.3, -0.25) is 4.79 Å². The number of ether oxygens (including phenoxy) is 1. The summed E-state index contributed by atoms with van der Waals surface area (Å²) in [5, 5.41) is -0.862. The molecule has 3 aromatic rings. The van der Waals surface area contributed by atoms with Crippen LogP contribution in [-0.4, -0.2) is 41.2 Å². The summed E-state index contributed by atoms with van der Waals surface area (Å²) in [5.74, 6) is 1.08. The van der Waals surface area contributed by atoms with Crippen LogP contribution in [0.15, 0.2) is 54.7 Å². The Balaban J connectivity index is 1.46. The molecule has 9 heteroatoms. The fourth-order valence-corrected chi connectivity index (χ4v) is 6.55. The van der Waals surface area contributed by atoms with Crippen molar-refractivity contribution in [1.82, 2.24) is 14.3 Å². The van der Waals surface area contributed by atoms with Crippen LogP contribution in [0.25, 0.3) is 11.3 Å². The highest BCUT2D eigenvalue weighted by Gasteiger charge is 2.49. The van der Waals surface area contributed by atoms with Gasteiger partial charge in [0.1, 0.15) is 16.8 Å². The molecule has 0 radical (unpaired) electrons. The van der Waals surface area contributed by atoms with Crippen LogP contribution >= 0.6 is 0 Å². The maximum atomic E-state index is 13.0. The molecule has 1 aliphatic rings. The molecule has 180 valence electrons. The first-order valence-corrected chi connectivity index (χ1v) is 12.6. The standard InChI is InChI=1S/C25H30N4O4S/c1-25(2,3)29-23(30)14-22(34(29,31)32)18-7-5-16(6-8-18)13-20(26)24-27-15-21(28-24)17-9-11-19(33-4)12-10-17/h5-12,15,20,22H,13-14,26H2,1-4H3,(H,27,28). The molecule has 4 rings (SSSR count). The zero-order valence-electron chi connectivity index (χ0n) is 19.8. The molecule has 0 saturated carbocycles. The molecule has 1 fully saturated rings. The van der Waals surface area contributed by atoms with Crippen LogP contribution in [0, 0.1) is 0 Å². The Morgan fingerprint density at radius 3 is 2.35 bits per heavy atom. The second-order valence-electron chi connectivity index (χ2n) is 9.53. The number of carbonyl (C=O) groups excluding carboxylic acids is 1. The van der Waals surface area contributed by atoms with Crippen molar-refractivity contribution in [2.75, 3.05) is 7.11 Å². The third-order valence-electron chi connectivity index (χ3n) is 5.96. The quantitative estimate of drug-likeness (QED) is 0.553. The smallest absolute Gasteiger partial charge is 0.245 e. The van der Waals surface area contributed by atoms with E-state index in [1.165, 1.54) is 0 Å². The summed E-state index contributed by atoms with van der Waals surface area (Å²) >= 11 is 0. The van der Waals surface area contributed by atoms with Gasteiger partial charge in [0.05, 0.1) is 37.0 Å². The SMILES string of the molecule is COc1ccc(-c2cnc(C(N)Cc3ccc(C4CC(=O)N(C(C)(C)C)S4(=O)=O)cc3)[nH]2)cc1. The number of nitrogens with one attached hydrogen (secondary N) is 1. The van der Waals surface area contributed by atoms with Gasteiger partial charge in [-0.05, 0) is 68.1 Å². The molecule has 2 unspecified atom stereocenters. The number of methoxy groups -OCH3 is 1. The van der Waals surface area contributed by atoms with E-state index >= 15 is 0 Å². The number of benzene rings is 2. The van der Waals surface area contributed by atoms with E-state index in [9.17, 15) is 13.2 Å². The largest absolute Gasteiger partial charge is 0.497 e. The van der Waals surface area contributed by atoms with Gasteiger partial charge in [0.2, 0.25) is 15.9 Å². The van der Waals surface area contributed by atoms with Crippen molar-refractivity contribution in [3.05, 3.63) is 71.7 Å². The van der Waals surface area contributed by atoms with Crippen molar-refractivity contribution < 1.29 is 17.9 Å². The van der Waals surface area contributed by atoms with Crippen molar-refractivity contribution in [2.24, 2.45) is 5.73 Å². The normalized spacial score (nSPS) is 18.8. The van der Waals surface area contributed by atoms with E-state index in [4.69, 9.17) is 10.5 Å². The lowest BCUT2D eigenvalue weighted by atomic mass is 10.0. The molecule has 1 saturated heterocycles. The van der Waals surface area contributed by atoms with Crippen molar-refractivity contribution >= 4 is 15.9 Å². The Hall–Kier alpha value is -3.17. The minimum absolute atomic E-state index is 0.0427. The number of H-pyrrole nitrogens is 1. The first-order chi connectivity index (χ1) is 16.0. The average Bonchev–Trinajstić information content (AvgIpc) is 3.36. The molecule has 2 atom stereocenters. The fraction of sp³-hybridized carbons (Fsp3) is 0.360. The van der Waals surface area contributed by atoms with E-state index < -0.39 is 20.8 Å². The number of aromatic nitrogens is 2. The molecule has 3 N–H and O–H groups in total. The van der Waals surface area contributed by atoms with E-state index in [1.54, 1.807) is 46.2 Å². The number of amides is 1. The molecule has 1 amide bonds. The zero-order valence-corrected chi connectivity index (χ0v) is 20.6. The summed E-state index contributed by atoms with van der Waals surface area (Å²) in [4.78, 5) is 20.2. The molecule has 1 aliphatic heterocycles. The predicted octanol–water partition coefficient (Wildman–Crippen LogP) is 3.73. The average molecular weight is 483 g/mol. The van der Waals surface area contributed by atoms with Crippen LogP contribution < -0.4 is 10.5 Å². The number of rotatable bonds is 6. The van der Waals surface area contributed by atoms with Crippen molar-refractivity contribution in [3.63, 3.8) is 0 Å². The molecule has 2 heterocycles. The highest BCUT2D eigenvalue weighted by molar-refractivity contribution is 7.90. The molecule has 0 spiro atoms. The minimum atomic E-state index is -3.76. The highest BCUT2D eigenvalue weighted by atomic mass is 32.2. The Bertz CT molecular complexity index is 1280. The minimum Gasteiger partial charge on any atom is -0.497 e. The van der Waals surface area contributed by atoms with Gasteiger partial charge in [-0.1, -0.05) is 24.3 Å². The summed E-state index contributed by atoms with van der Waals surface area (Å²) in [6, 6.07) is 14.6. The van der Waals surface area contributed by atoms with Gasteiger partial charge in [0.25, 0.3) is 0 Å². The van der Waals surface area contributed by atoms with Gasteiger partial charge in [0, 0.05) is 0 Å². The Labute approximate surface area is 200 Å². The van der Waals surface area contributed by atoms with Gasteiger partial charge in [-0.2, -0.15) is 0 Å². The third-order valence-corrected chi connectivity index (χ3v) is 8.38. The predicted molar refractivity (Wildman–Crippen MR) is 131 cm³/mol. The van der Waals surface area contributed by atoms with E-state index in [0.29, 0.717) is 17.8 Å². The summed E-state index contributed by atoms with van der Waals surface area (Å²) in [6.45, 7) is 5.18. The lowest BCUT2D eigenvalue weighted by molar-refractivity contribution is -0.128. The Morgan fingerprint density at radius 1 is 1.15 bits per heavy atom. The number of hydrogen-bond acceptors (Lipinski definition) is 6. The first-order valence-electron chi connectivity index (χ1n) is 11.1. The van der Waals surface area contributed by atoms with E-state index in [0.717, 1.165) is 26.9 Å². The van der Waals surface area contributed by atoms with E-state index in [2.05, 4.69) is 9.97 Å². The van der Waals surface area contributed by atoms with Gasteiger partial charge >= 0.3 is 0 Å². The summed E-state index contributed by atoms with van der Waals surface area (Å²) < 4.78 is 32.3. The fourth-order valence-electron chi connectivity index (χ4n) is 4.32. The van der Waals surface area contributed by atoms with Crippen LogP contribution in [0.3, 0.4) is 0 Å². The molecule has 0 aliphatic carbocycles. The number of nitrogens with two attached hydrogens (primary N) is 1. The van der Waals surface area contributed by atoms with Gasteiger partial charge in [-0.15, -0.1) is 0 Å². The summed E-state index contributed by atoms with van der Waals surface area (Å²) in [7, 11) is -2.13. The van der Waals surface area contributed by atoms with E-state index in [1.807, 2.05) is 36.4 Å².